The maximum atomic E-state index is 12.4. The van der Waals surface area contributed by atoms with Crippen LogP contribution in [0.2, 0.25) is 0 Å². The molecule has 11 nitrogen and oxygen atoms in total. The number of nitrogens with one attached hydrogen (secondary N) is 2. The van der Waals surface area contributed by atoms with E-state index in [1.807, 2.05) is 13.8 Å². The number of amides is 2. The summed E-state index contributed by atoms with van der Waals surface area (Å²) in [6, 6.07) is 11.7. The van der Waals surface area contributed by atoms with E-state index in [9.17, 15) is 4.79 Å². The number of rotatable bonds is 10. The van der Waals surface area contributed by atoms with Crippen molar-refractivity contribution >= 4 is 28.4 Å². The molecule has 2 aromatic carbocycles. The third kappa shape index (κ3) is 5.99. The van der Waals surface area contributed by atoms with Gasteiger partial charge >= 0.3 is 6.03 Å². The molecule has 0 aliphatic rings. The van der Waals surface area contributed by atoms with Crippen LogP contribution in [-0.4, -0.2) is 48.6 Å². The zero-order valence-electron chi connectivity index (χ0n) is 20.4. The van der Waals surface area contributed by atoms with Crippen molar-refractivity contribution in [2.45, 2.75) is 19.8 Å². The summed E-state index contributed by atoms with van der Waals surface area (Å²) in [7, 11) is 3.16. The van der Waals surface area contributed by atoms with Gasteiger partial charge in [0.2, 0.25) is 5.88 Å². The van der Waals surface area contributed by atoms with Crippen molar-refractivity contribution in [1.82, 2.24) is 15.1 Å². The van der Waals surface area contributed by atoms with E-state index < -0.39 is 6.03 Å². The Morgan fingerprint density at radius 2 is 1.89 bits per heavy atom. The fourth-order valence-electron chi connectivity index (χ4n) is 3.28. The average Bonchev–Trinajstić information content (AvgIpc) is 3.33. The van der Waals surface area contributed by atoms with Gasteiger partial charge < -0.3 is 28.8 Å². The summed E-state index contributed by atoms with van der Waals surface area (Å²) in [6.45, 7) is 4.76. The first-order valence-corrected chi connectivity index (χ1v) is 11.2. The van der Waals surface area contributed by atoms with E-state index in [0.29, 0.717) is 64.5 Å². The average molecular weight is 494 g/mol. The standard InChI is InChI=1S/C25H27N5O6/c1-15(2)20-13-23(30-36-20)29-25(31)28-16-6-5-7-17(10-16)35-24-18-11-21(33-4)22(34-9-8-32-3)12-19(18)26-14-27-24/h5-7,10-15H,8-9H2,1-4H3,(H2,28,29,30,31). The molecule has 0 atom stereocenters. The molecule has 0 bridgehead atoms. The lowest BCUT2D eigenvalue weighted by Crippen LogP contribution is -2.19. The van der Waals surface area contributed by atoms with Crippen molar-refractivity contribution in [1.29, 1.82) is 0 Å². The molecule has 4 aromatic rings. The molecule has 0 saturated heterocycles. The summed E-state index contributed by atoms with van der Waals surface area (Å²) < 4.78 is 27.5. The minimum absolute atomic E-state index is 0.164. The molecule has 2 heterocycles. The van der Waals surface area contributed by atoms with Crippen LogP contribution in [0.4, 0.5) is 16.3 Å². The number of carbonyl (C=O) groups is 1. The van der Waals surface area contributed by atoms with Crippen molar-refractivity contribution in [3.63, 3.8) is 0 Å². The summed E-state index contributed by atoms with van der Waals surface area (Å²) in [6.07, 6.45) is 1.40. The zero-order valence-corrected chi connectivity index (χ0v) is 20.4. The second kappa shape index (κ2) is 11.4. The van der Waals surface area contributed by atoms with Crippen LogP contribution in [0.15, 0.2) is 53.3 Å². The Balaban J connectivity index is 1.49. The number of carbonyl (C=O) groups excluding carboxylic acids is 1. The second-order valence-electron chi connectivity index (χ2n) is 8.02. The Labute approximate surface area is 207 Å². The van der Waals surface area contributed by atoms with E-state index in [0.717, 1.165) is 0 Å². The van der Waals surface area contributed by atoms with Gasteiger partial charge in [-0.1, -0.05) is 25.1 Å². The highest BCUT2D eigenvalue weighted by Crippen LogP contribution is 2.36. The van der Waals surface area contributed by atoms with Crippen LogP contribution in [0.3, 0.4) is 0 Å². The van der Waals surface area contributed by atoms with Gasteiger partial charge in [0, 0.05) is 36.9 Å². The monoisotopic (exact) mass is 493 g/mol. The van der Waals surface area contributed by atoms with Crippen LogP contribution in [0, 0.1) is 0 Å². The number of hydrogen-bond donors (Lipinski definition) is 2. The maximum absolute atomic E-state index is 12.4. The van der Waals surface area contributed by atoms with Crippen LogP contribution in [0.5, 0.6) is 23.1 Å². The third-order valence-corrected chi connectivity index (χ3v) is 5.07. The van der Waals surface area contributed by atoms with Gasteiger partial charge in [0.1, 0.15) is 24.4 Å². The Kier molecular flexibility index (Phi) is 7.81. The largest absolute Gasteiger partial charge is 0.493 e. The number of benzene rings is 2. The quantitative estimate of drug-likeness (QED) is 0.286. The number of urea groups is 1. The molecule has 0 unspecified atom stereocenters. The number of ether oxygens (including phenoxy) is 4. The molecule has 0 aliphatic heterocycles. The minimum Gasteiger partial charge on any atom is -0.493 e. The van der Waals surface area contributed by atoms with Crippen molar-refractivity contribution < 1.29 is 28.3 Å². The molecule has 0 spiro atoms. The molecule has 36 heavy (non-hydrogen) atoms. The van der Waals surface area contributed by atoms with E-state index >= 15 is 0 Å². The number of nitrogens with zero attached hydrogens (tertiary/aromatic N) is 3. The highest BCUT2D eigenvalue weighted by Gasteiger charge is 2.14. The van der Waals surface area contributed by atoms with Gasteiger partial charge in [-0.15, -0.1) is 0 Å². The fourth-order valence-corrected chi connectivity index (χ4v) is 3.28. The normalized spacial score (nSPS) is 10.9. The van der Waals surface area contributed by atoms with E-state index in [-0.39, 0.29) is 5.92 Å². The molecule has 0 aliphatic carbocycles. The molecule has 188 valence electrons. The zero-order chi connectivity index (χ0) is 25.5. The number of methoxy groups -OCH3 is 2. The molecule has 11 heteroatoms. The van der Waals surface area contributed by atoms with Crippen molar-refractivity contribution in [2.75, 3.05) is 38.1 Å². The molecule has 2 amide bonds. The van der Waals surface area contributed by atoms with Gasteiger partial charge in [0.15, 0.2) is 17.3 Å². The first-order valence-electron chi connectivity index (χ1n) is 11.2. The third-order valence-electron chi connectivity index (χ3n) is 5.07. The highest BCUT2D eigenvalue weighted by molar-refractivity contribution is 5.99. The lowest BCUT2D eigenvalue weighted by molar-refractivity contribution is 0.144. The van der Waals surface area contributed by atoms with E-state index in [2.05, 4.69) is 25.8 Å². The van der Waals surface area contributed by atoms with Gasteiger partial charge in [-0.3, -0.25) is 5.32 Å². The number of hydrogen-bond acceptors (Lipinski definition) is 9. The molecule has 0 saturated carbocycles. The van der Waals surface area contributed by atoms with Crippen LogP contribution in [0.1, 0.15) is 25.5 Å². The predicted octanol–water partition coefficient (Wildman–Crippen LogP) is 5.21. The van der Waals surface area contributed by atoms with Crippen LogP contribution >= 0.6 is 0 Å². The summed E-state index contributed by atoms with van der Waals surface area (Å²) in [5.74, 6) is 3.02. The number of aromatic nitrogens is 3. The molecular formula is C25H27N5O6. The summed E-state index contributed by atoms with van der Waals surface area (Å²) in [5, 5.41) is 9.88. The smallest absolute Gasteiger partial charge is 0.324 e. The van der Waals surface area contributed by atoms with Gasteiger partial charge in [-0.05, 0) is 18.2 Å². The summed E-state index contributed by atoms with van der Waals surface area (Å²) in [5.41, 5.74) is 1.14. The Bertz CT molecular complexity index is 1340. The Morgan fingerprint density at radius 3 is 2.64 bits per heavy atom. The molecule has 2 N–H and O–H groups in total. The first-order chi connectivity index (χ1) is 17.5. The van der Waals surface area contributed by atoms with E-state index in [1.54, 1.807) is 56.7 Å². The second-order valence-corrected chi connectivity index (χ2v) is 8.02. The predicted molar refractivity (Wildman–Crippen MR) is 133 cm³/mol. The van der Waals surface area contributed by atoms with Gasteiger partial charge in [0.05, 0.1) is 24.6 Å². The van der Waals surface area contributed by atoms with Crippen LogP contribution in [0.25, 0.3) is 10.9 Å². The van der Waals surface area contributed by atoms with E-state index in [4.69, 9.17) is 23.5 Å². The summed E-state index contributed by atoms with van der Waals surface area (Å²) >= 11 is 0. The van der Waals surface area contributed by atoms with E-state index in [1.165, 1.54) is 6.33 Å². The van der Waals surface area contributed by atoms with Crippen molar-refractivity contribution in [3.05, 3.63) is 54.6 Å². The van der Waals surface area contributed by atoms with Crippen molar-refractivity contribution in [2.24, 2.45) is 0 Å². The molecule has 2 aromatic heterocycles. The van der Waals surface area contributed by atoms with Gasteiger partial charge in [-0.25, -0.2) is 14.8 Å². The van der Waals surface area contributed by atoms with Crippen LogP contribution < -0.4 is 24.8 Å². The van der Waals surface area contributed by atoms with Crippen LogP contribution in [-0.2, 0) is 4.74 Å². The Hall–Kier alpha value is -4.38. The number of fused-ring (bicyclic) bond motifs is 1. The highest BCUT2D eigenvalue weighted by atomic mass is 16.5. The maximum Gasteiger partial charge on any atom is 0.324 e. The lowest BCUT2D eigenvalue weighted by atomic mass is 10.2. The molecule has 4 rings (SSSR count). The Morgan fingerprint density at radius 1 is 1.03 bits per heavy atom. The van der Waals surface area contributed by atoms with Gasteiger partial charge in [-0.2, -0.15) is 0 Å². The molecule has 0 radical (unpaired) electrons. The van der Waals surface area contributed by atoms with Crippen molar-refractivity contribution in [3.8, 4) is 23.1 Å². The summed E-state index contributed by atoms with van der Waals surface area (Å²) in [4.78, 5) is 21.0. The van der Waals surface area contributed by atoms with Gasteiger partial charge in [0.25, 0.3) is 0 Å². The molecular weight excluding hydrogens is 466 g/mol. The SMILES string of the molecule is COCCOc1cc2ncnc(Oc3cccc(NC(=O)Nc4cc(C(C)C)on4)c3)c2cc1OC. The fraction of sp³-hybridized carbons (Fsp3) is 0.280. The lowest BCUT2D eigenvalue weighted by Gasteiger charge is -2.13. The molecule has 0 fully saturated rings. The topological polar surface area (TPSA) is 130 Å². The number of anilines is 2. The minimum atomic E-state index is -0.464. The first kappa shape index (κ1) is 24.7.